The number of rotatable bonds is 5. The number of nitrogens with zero attached hydrogens (tertiary/aromatic N) is 2. The number of fused-ring (bicyclic) bond motifs is 1. The zero-order valence-corrected chi connectivity index (χ0v) is 17.9. The van der Waals surface area contributed by atoms with Gasteiger partial charge in [0.2, 0.25) is 0 Å². The molecule has 4 rings (SSSR count). The minimum Gasteiger partial charge on any atom is -0.481 e. The second kappa shape index (κ2) is 7.60. The van der Waals surface area contributed by atoms with Crippen LogP contribution in [0.15, 0.2) is 48.5 Å². The van der Waals surface area contributed by atoms with Crippen LogP contribution in [0.4, 0.5) is 5.82 Å². The number of carbonyl (C=O) groups is 1. The summed E-state index contributed by atoms with van der Waals surface area (Å²) in [5.41, 5.74) is 3.88. The molecule has 0 saturated heterocycles. The van der Waals surface area contributed by atoms with Gasteiger partial charge in [-0.05, 0) is 44.5 Å². The minimum absolute atomic E-state index is 0.126. The molecule has 0 radical (unpaired) electrons. The molecule has 1 unspecified atom stereocenters. The second-order valence-electron chi connectivity index (χ2n) is 7.57. The topological polar surface area (TPSA) is 90.3 Å². The number of nitrogens with one attached hydrogen (secondary N) is 1. The van der Waals surface area contributed by atoms with Crippen molar-refractivity contribution in [3.05, 3.63) is 70.9 Å². The van der Waals surface area contributed by atoms with Crippen LogP contribution in [0.25, 0.3) is 5.69 Å². The van der Waals surface area contributed by atoms with Crippen molar-refractivity contribution in [1.29, 1.82) is 0 Å². The van der Waals surface area contributed by atoms with E-state index >= 15 is 0 Å². The van der Waals surface area contributed by atoms with E-state index in [0.717, 1.165) is 16.8 Å². The lowest BCUT2D eigenvalue weighted by Crippen LogP contribution is -2.31. The van der Waals surface area contributed by atoms with Crippen LogP contribution in [0.1, 0.15) is 29.3 Å². The number of aromatic nitrogens is 2. The van der Waals surface area contributed by atoms with E-state index < -0.39 is 15.9 Å². The van der Waals surface area contributed by atoms with Gasteiger partial charge in [0.05, 0.1) is 22.9 Å². The molecule has 0 saturated carbocycles. The number of benzene rings is 2. The van der Waals surface area contributed by atoms with Gasteiger partial charge in [0.1, 0.15) is 11.6 Å². The van der Waals surface area contributed by atoms with Gasteiger partial charge < -0.3 is 10.1 Å². The van der Waals surface area contributed by atoms with Gasteiger partial charge in [-0.25, -0.2) is 13.1 Å². The number of carbonyl (C=O) groups excluding carboxylic acids is 1. The minimum atomic E-state index is -3.26. The van der Waals surface area contributed by atoms with Gasteiger partial charge in [0.25, 0.3) is 5.91 Å². The Labute approximate surface area is 175 Å². The second-order valence-corrected chi connectivity index (χ2v) is 9.63. The van der Waals surface area contributed by atoms with Crippen LogP contribution >= 0.6 is 0 Å². The van der Waals surface area contributed by atoms with E-state index in [-0.39, 0.29) is 17.4 Å². The Morgan fingerprint density at radius 3 is 2.57 bits per heavy atom. The Bertz CT molecular complexity index is 1220. The summed E-state index contributed by atoms with van der Waals surface area (Å²) in [6.07, 6.45) is -0.775. The molecule has 0 aliphatic carbocycles. The summed E-state index contributed by atoms with van der Waals surface area (Å²) in [5.74, 6) is 0.315. The Hall–Kier alpha value is -3.13. The quantitative estimate of drug-likeness (QED) is 0.677. The summed E-state index contributed by atoms with van der Waals surface area (Å²) in [7, 11) is -3.26. The van der Waals surface area contributed by atoms with Crippen LogP contribution < -0.4 is 10.1 Å². The molecule has 0 spiro atoms. The Balaban J connectivity index is 1.68. The lowest BCUT2D eigenvalue weighted by atomic mass is 10.1. The van der Waals surface area contributed by atoms with Crippen LogP contribution in [-0.2, 0) is 26.1 Å². The fourth-order valence-corrected chi connectivity index (χ4v) is 5.06. The number of aryl methyl sites for hydroxylation is 2. The lowest BCUT2D eigenvalue weighted by molar-refractivity contribution is -0.122. The molecule has 1 amide bonds. The summed E-state index contributed by atoms with van der Waals surface area (Å²) >= 11 is 0. The number of anilines is 1. The van der Waals surface area contributed by atoms with Gasteiger partial charge in [-0.2, -0.15) is 5.10 Å². The first-order valence-corrected chi connectivity index (χ1v) is 11.5. The summed E-state index contributed by atoms with van der Waals surface area (Å²) < 4.78 is 31.6. The number of hydrogen-bond acceptors (Lipinski definition) is 5. The van der Waals surface area contributed by atoms with Crippen molar-refractivity contribution in [3.8, 4) is 11.4 Å². The SMILES string of the molecule is Cc1ccc(-n2nc3c(c2NC(=O)C(C)Oc2ccccc2)CS(=O)(=O)C3)c(C)c1. The Morgan fingerprint density at radius 2 is 1.87 bits per heavy atom. The summed E-state index contributed by atoms with van der Waals surface area (Å²) in [5, 5.41) is 7.39. The van der Waals surface area contributed by atoms with E-state index in [2.05, 4.69) is 10.4 Å². The molecular weight excluding hydrogens is 402 g/mol. The highest BCUT2D eigenvalue weighted by atomic mass is 32.2. The molecule has 30 heavy (non-hydrogen) atoms. The van der Waals surface area contributed by atoms with Crippen LogP contribution in [-0.4, -0.2) is 30.2 Å². The van der Waals surface area contributed by atoms with Crippen LogP contribution in [0, 0.1) is 13.8 Å². The standard InChI is InChI=1S/C22H23N3O4S/c1-14-9-10-20(15(2)11-14)25-21(18-12-30(27,28)13-19(18)24-25)23-22(26)16(3)29-17-7-5-4-6-8-17/h4-11,16H,12-13H2,1-3H3,(H,23,26). The Morgan fingerprint density at radius 1 is 1.13 bits per heavy atom. The van der Waals surface area contributed by atoms with E-state index in [9.17, 15) is 13.2 Å². The molecule has 1 aliphatic heterocycles. The average molecular weight is 426 g/mol. The zero-order chi connectivity index (χ0) is 21.5. The van der Waals surface area contributed by atoms with Crippen molar-refractivity contribution in [2.75, 3.05) is 5.32 Å². The molecule has 3 aromatic rings. The Kier molecular flexibility index (Phi) is 5.11. The fraction of sp³-hybridized carbons (Fsp3) is 0.273. The van der Waals surface area contributed by atoms with Gasteiger partial charge in [-0.15, -0.1) is 0 Å². The maximum atomic E-state index is 12.9. The molecule has 1 aromatic heterocycles. The van der Waals surface area contributed by atoms with E-state index in [0.29, 0.717) is 22.8 Å². The smallest absolute Gasteiger partial charge is 0.266 e. The molecule has 0 fully saturated rings. The van der Waals surface area contributed by atoms with E-state index in [1.807, 2.05) is 50.2 Å². The first-order chi connectivity index (χ1) is 14.2. The highest BCUT2D eigenvalue weighted by Crippen LogP contribution is 2.34. The molecule has 156 valence electrons. The number of para-hydroxylation sites is 1. The first kappa shape index (κ1) is 20.2. The monoisotopic (exact) mass is 425 g/mol. The number of amides is 1. The van der Waals surface area contributed by atoms with Gasteiger partial charge in [-0.3, -0.25) is 4.79 Å². The third-order valence-electron chi connectivity index (χ3n) is 5.03. The summed E-state index contributed by atoms with van der Waals surface area (Å²) in [6, 6.07) is 15.0. The summed E-state index contributed by atoms with van der Waals surface area (Å²) in [6.45, 7) is 5.60. The van der Waals surface area contributed by atoms with Crippen molar-refractivity contribution in [2.45, 2.75) is 38.4 Å². The molecular formula is C22H23N3O4S. The van der Waals surface area contributed by atoms with E-state index in [1.54, 1.807) is 23.7 Å². The zero-order valence-electron chi connectivity index (χ0n) is 17.0. The van der Waals surface area contributed by atoms with E-state index in [1.165, 1.54) is 0 Å². The highest BCUT2D eigenvalue weighted by Gasteiger charge is 2.34. The average Bonchev–Trinajstić information content (AvgIpc) is 3.15. The van der Waals surface area contributed by atoms with Crippen LogP contribution in [0.3, 0.4) is 0 Å². The normalized spacial score (nSPS) is 15.4. The van der Waals surface area contributed by atoms with E-state index in [4.69, 9.17) is 4.74 Å². The van der Waals surface area contributed by atoms with Crippen molar-refractivity contribution < 1.29 is 17.9 Å². The van der Waals surface area contributed by atoms with Crippen molar-refractivity contribution in [1.82, 2.24) is 9.78 Å². The molecule has 0 bridgehead atoms. The molecule has 2 heterocycles. The van der Waals surface area contributed by atoms with Crippen molar-refractivity contribution >= 4 is 21.6 Å². The summed E-state index contributed by atoms with van der Waals surface area (Å²) in [4.78, 5) is 12.9. The molecule has 8 heteroatoms. The molecule has 1 aliphatic rings. The number of sulfone groups is 1. The third-order valence-corrected chi connectivity index (χ3v) is 6.48. The predicted molar refractivity (Wildman–Crippen MR) is 115 cm³/mol. The largest absolute Gasteiger partial charge is 0.481 e. The molecule has 2 aromatic carbocycles. The third kappa shape index (κ3) is 3.95. The maximum Gasteiger partial charge on any atom is 0.266 e. The lowest BCUT2D eigenvalue weighted by Gasteiger charge is -2.17. The van der Waals surface area contributed by atoms with Crippen LogP contribution in [0.2, 0.25) is 0 Å². The number of hydrogen-bond donors (Lipinski definition) is 1. The van der Waals surface area contributed by atoms with Crippen molar-refractivity contribution in [2.24, 2.45) is 0 Å². The first-order valence-electron chi connectivity index (χ1n) is 9.65. The highest BCUT2D eigenvalue weighted by molar-refractivity contribution is 7.90. The van der Waals surface area contributed by atoms with Gasteiger partial charge in [0.15, 0.2) is 15.9 Å². The maximum absolute atomic E-state index is 12.9. The van der Waals surface area contributed by atoms with Gasteiger partial charge >= 0.3 is 0 Å². The van der Waals surface area contributed by atoms with Gasteiger partial charge in [0, 0.05) is 5.56 Å². The van der Waals surface area contributed by atoms with Crippen LogP contribution in [0.5, 0.6) is 5.75 Å². The predicted octanol–water partition coefficient (Wildman–Crippen LogP) is 3.32. The molecule has 7 nitrogen and oxygen atoms in total. The molecule has 1 N–H and O–H groups in total. The van der Waals surface area contributed by atoms with Crippen molar-refractivity contribution in [3.63, 3.8) is 0 Å². The molecule has 1 atom stereocenters. The number of ether oxygens (including phenoxy) is 1. The van der Waals surface area contributed by atoms with Gasteiger partial charge in [-0.1, -0.05) is 35.9 Å². The fourth-order valence-electron chi connectivity index (χ4n) is 3.56.